The van der Waals surface area contributed by atoms with Crippen LogP contribution in [0.2, 0.25) is 0 Å². The molecular formula is C7H6F2IN. The molecule has 2 N–H and O–H groups in total. The average Bonchev–Trinajstić information content (AvgIpc) is 1.94. The van der Waals surface area contributed by atoms with Crippen LogP contribution in [0, 0.1) is 3.57 Å². The fraction of sp³-hybridized carbons (Fsp3) is 0.143. The molecule has 1 aromatic carbocycles. The largest absolute Gasteiger partial charge is 0.398 e. The van der Waals surface area contributed by atoms with E-state index in [9.17, 15) is 8.78 Å². The molecule has 0 radical (unpaired) electrons. The lowest BCUT2D eigenvalue weighted by molar-refractivity contribution is 0.152. The minimum absolute atomic E-state index is 0.0862. The van der Waals surface area contributed by atoms with Gasteiger partial charge in [0.05, 0.1) is 0 Å². The van der Waals surface area contributed by atoms with Gasteiger partial charge in [0, 0.05) is 14.8 Å². The highest BCUT2D eigenvalue weighted by atomic mass is 127. The molecule has 0 saturated carbocycles. The van der Waals surface area contributed by atoms with E-state index in [1.54, 1.807) is 6.07 Å². The first-order valence-electron chi connectivity index (χ1n) is 2.94. The van der Waals surface area contributed by atoms with E-state index >= 15 is 0 Å². The fourth-order valence-corrected chi connectivity index (χ4v) is 1.25. The normalized spacial score (nSPS) is 10.5. The molecule has 0 heterocycles. The van der Waals surface area contributed by atoms with Gasteiger partial charge < -0.3 is 5.73 Å². The molecule has 1 rings (SSSR count). The Kier molecular flexibility index (Phi) is 2.64. The summed E-state index contributed by atoms with van der Waals surface area (Å²) in [5, 5.41) is 0. The summed E-state index contributed by atoms with van der Waals surface area (Å²) in [5.41, 5.74) is 5.37. The molecule has 0 fully saturated rings. The highest BCUT2D eigenvalue weighted by molar-refractivity contribution is 14.1. The Balaban J connectivity index is 3.13. The number of rotatable bonds is 1. The molecule has 0 bridgehead atoms. The van der Waals surface area contributed by atoms with Crippen LogP contribution in [-0.2, 0) is 0 Å². The molecule has 0 saturated heterocycles. The number of hydrogen-bond acceptors (Lipinski definition) is 1. The second kappa shape index (κ2) is 3.34. The van der Waals surface area contributed by atoms with E-state index in [-0.39, 0.29) is 11.3 Å². The van der Waals surface area contributed by atoms with Crippen LogP contribution in [0.5, 0.6) is 0 Å². The number of nitrogen functional groups attached to an aromatic ring is 1. The lowest BCUT2D eigenvalue weighted by Gasteiger charge is -2.03. The van der Waals surface area contributed by atoms with Gasteiger partial charge in [-0.3, -0.25) is 0 Å². The van der Waals surface area contributed by atoms with Crippen molar-refractivity contribution in [3.05, 3.63) is 27.3 Å². The maximum atomic E-state index is 12.1. The summed E-state index contributed by atoms with van der Waals surface area (Å²) in [6.07, 6.45) is -2.48. The molecule has 1 aromatic rings. The topological polar surface area (TPSA) is 26.0 Å². The smallest absolute Gasteiger partial charge is 0.265 e. The number of halogens is 3. The van der Waals surface area contributed by atoms with E-state index < -0.39 is 6.43 Å². The lowest BCUT2D eigenvalue weighted by Crippen LogP contribution is -1.94. The van der Waals surface area contributed by atoms with Crippen molar-refractivity contribution in [3.8, 4) is 0 Å². The Labute approximate surface area is 76.7 Å². The first-order valence-corrected chi connectivity index (χ1v) is 4.02. The lowest BCUT2D eigenvalue weighted by atomic mass is 10.2. The van der Waals surface area contributed by atoms with Gasteiger partial charge in [0.1, 0.15) is 0 Å². The Hall–Kier alpha value is -0.390. The van der Waals surface area contributed by atoms with Crippen molar-refractivity contribution in [2.45, 2.75) is 6.43 Å². The molecule has 0 spiro atoms. The third-order valence-corrected chi connectivity index (χ3v) is 1.95. The first-order chi connectivity index (χ1) is 5.11. The van der Waals surface area contributed by atoms with Gasteiger partial charge in [-0.2, -0.15) is 0 Å². The van der Waals surface area contributed by atoms with Crippen molar-refractivity contribution in [1.82, 2.24) is 0 Å². The third-order valence-electron chi connectivity index (χ3n) is 1.28. The molecule has 11 heavy (non-hydrogen) atoms. The maximum Gasteiger partial charge on any atom is 0.265 e. The van der Waals surface area contributed by atoms with Crippen molar-refractivity contribution >= 4 is 28.3 Å². The predicted molar refractivity (Wildman–Crippen MR) is 48.5 cm³/mol. The summed E-state index contributed by atoms with van der Waals surface area (Å²) in [6.45, 7) is 0. The summed E-state index contributed by atoms with van der Waals surface area (Å²) >= 11 is 1.97. The minimum atomic E-state index is -2.48. The minimum Gasteiger partial charge on any atom is -0.398 e. The Bertz CT molecular complexity index is 263. The number of alkyl halides is 2. The van der Waals surface area contributed by atoms with Gasteiger partial charge in [-0.1, -0.05) is 0 Å². The van der Waals surface area contributed by atoms with E-state index in [0.29, 0.717) is 0 Å². The van der Waals surface area contributed by atoms with Gasteiger partial charge in [0.15, 0.2) is 0 Å². The van der Waals surface area contributed by atoms with Gasteiger partial charge >= 0.3 is 0 Å². The zero-order valence-corrected chi connectivity index (χ0v) is 7.68. The quantitative estimate of drug-likeness (QED) is 0.615. The number of nitrogens with two attached hydrogens (primary N) is 1. The summed E-state index contributed by atoms with van der Waals surface area (Å²) in [6, 6.07) is 4.57. The Morgan fingerprint density at radius 3 is 2.45 bits per heavy atom. The second-order valence-electron chi connectivity index (χ2n) is 2.07. The monoisotopic (exact) mass is 269 g/mol. The zero-order valence-electron chi connectivity index (χ0n) is 5.52. The van der Waals surface area contributed by atoms with E-state index in [1.165, 1.54) is 12.1 Å². The van der Waals surface area contributed by atoms with Crippen molar-refractivity contribution < 1.29 is 8.78 Å². The molecule has 0 amide bonds. The summed E-state index contributed by atoms with van der Waals surface area (Å²) < 4.78 is 25.0. The molecule has 4 heteroatoms. The van der Waals surface area contributed by atoms with E-state index in [4.69, 9.17) is 5.73 Å². The molecule has 1 nitrogen and oxygen atoms in total. The molecule has 0 atom stereocenters. The van der Waals surface area contributed by atoms with Crippen molar-refractivity contribution in [2.75, 3.05) is 5.73 Å². The van der Waals surface area contributed by atoms with Crippen LogP contribution < -0.4 is 5.73 Å². The van der Waals surface area contributed by atoms with Crippen molar-refractivity contribution in [3.63, 3.8) is 0 Å². The SMILES string of the molecule is Nc1ccc(I)cc1C(F)F. The van der Waals surface area contributed by atoms with Crippen LogP contribution >= 0.6 is 22.6 Å². The standard InChI is InChI=1S/C7H6F2IN/c8-7(9)5-3-4(10)1-2-6(5)11/h1-3,7H,11H2. The predicted octanol–water partition coefficient (Wildman–Crippen LogP) is 2.81. The zero-order chi connectivity index (χ0) is 8.43. The Morgan fingerprint density at radius 1 is 1.36 bits per heavy atom. The molecule has 0 unspecified atom stereocenters. The molecule has 60 valence electrons. The number of hydrogen-bond donors (Lipinski definition) is 1. The van der Waals surface area contributed by atoms with E-state index in [0.717, 1.165) is 3.57 Å². The van der Waals surface area contributed by atoms with Crippen LogP contribution in [0.1, 0.15) is 12.0 Å². The number of anilines is 1. The first kappa shape index (κ1) is 8.70. The maximum absolute atomic E-state index is 12.1. The van der Waals surface area contributed by atoms with Crippen LogP contribution in [0.25, 0.3) is 0 Å². The highest BCUT2D eigenvalue weighted by Crippen LogP contribution is 2.26. The Morgan fingerprint density at radius 2 is 2.00 bits per heavy atom. The van der Waals surface area contributed by atoms with Crippen LogP contribution in [0.4, 0.5) is 14.5 Å². The number of benzene rings is 1. The van der Waals surface area contributed by atoms with Gasteiger partial charge in [-0.15, -0.1) is 0 Å². The highest BCUT2D eigenvalue weighted by Gasteiger charge is 2.10. The van der Waals surface area contributed by atoms with Gasteiger partial charge in [-0.25, -0.2) is 8.78 Å². The van der Waals surface area contributed by atoms with Crippen molar-refractivity contribution in [2.24, 2.45) is 0 Å². The molecule has 0 aliphatic rings. The average molecular weight is 269 g/mol. The van der Waals surface area contributed by atoms with Crippen LogP contribution in [0.3, 0.4) is 0 Å². The van der Waals surface area contributed by atoms with Gasteiger partial charge in [0.2, 0.25) is 0 Å². The van der Waals surface area contributed by atoms with Gasteiger partial charge in [-0.05, 0) is 40.8 Å². The van der Waals surface area contributed by atoms with Crippen LogP contribution in [0.15, 0.2) is 18.2 Å². The summed E-state index contributed by atoms with van der Waals surface area (Å²) in [7, 11) is 0. The molecule has 0 aliphatic carbocycles. The second-order valence-corrected chi connectivity index (χ2v) is 3.32. The summed E-state index contributed by atoms with van der Waals surface area (Å²) in [4.78, 5) is 0. The van der Waals surface area contributed by atoms with Crippen molar-refractivity contribution in [1.29, 1.82) is 0 Å². The van der Waals surface area contributed by atoms with E-state index in [2.05, 4.69) is 0 Å². The molecular weight excluding hydrogens is 263 g/mol. The molecule has 0 aromatic heterocycles. The van der Waals surface area contributed by atoms with E-state index in [1.807, 2.05) is 22.6 Å². The summed E-state index contributed by atoms with van der Waals surface area (Å²) in [5.74, 6) is 0. The van der Waals surface area contributed by atoms with Crippen LogP contribution in [-0.4, -0.2) is 0 Å². The molecule has 0 aliphatic heterocycles. The fourth-order valence-electron chi connectivity index (χ4n) is 0.735. The van der Waals surface area contributed by atoms with Gasteiger partial charge in [0.25, 0.3) is 6.43 Å². The third kappa shape index (κ3) is 2.02.